The molecule has 0 amide bonds. The Kier molecular flexibility index (Phi) is 3.63. The molecule has 0 radical (unpaired) electrons. The van der Waals surface area contributed by atoms with Crippen molar-refractivity contribution in [1.82, 2.24) is 5.32 Å². The van der Waals surface area contributed by atoms with Crippen LogP contribution in [0.2, 0.25) is 0 Å². The molecule has 16 heavy (non-hydrogen) atoms. The zero-order valence-electron chi connectivity index (χ0n) is 10.5. The summed E-state index contributed by atoms with van der Waals surface area (Å²) >= 11 is 0. The lowest BCUT2D eigenvalue weighted by Crippen LogP contribution is -2.57. The second-order valence-corrected chi connectivity index (χ2v) is 5.97. The molecule has 0 aromatic rings. The van der Waals surface area contributed by atoms with Crippen molar-refractivity contribution in [2.75, 3.05) is 7.05 Å². The highest BCUT2D eigenvalue weighted by Crippen LogP contribution is 2.47. The minimum absolute atomic E-state index is 0.117. The largest absolute Gasteiger partial charge is 0.406 e. The van der Waals surface area contributed by atoms with Crippen LogP contribution in [0.1, 0.15) is 46.5 Å². The Hall–Kier alpha value is -0.250. The van der Waals surface area contributed by atoms with E-state index in [1.54, 1.807) is 0 Å². The van der Waals surface area contributed by atoms with E-state index in [-0.39, 0.29) is 18.3 Å². The first-order chi connectivity index (χ1) is 7.12. The first-order valence-corrected chi connectivity index (χ1v) is 5.88. The van der Waals surface area contributed by atoms with Crippen molar-refractivity contribution in [2.24, 2.45) is 11.3 Å². The molecule has 1 rings (SSSR count). The van der Waals surface area contributed by atoms with Gasteiger partial charge in [0.15, 0.2) is 0 Å². The number of nitrogens with one attached hydrogen (secondary N) is 1. The van der Waals surface area contributed by atoms with Gasteiger partial charge in [0.25, 0.3) is 0 Å². The van der Waals surface area contributed by atoms with E-state index in [4.69, 9.17) is 0 Å². The van der Waals surface area contributed by atoms with Crippen LogP contribution in [0.5, 0.6) is 0 Å². The van der Waals surface area contributed by atoms with Crippen LogP contribution in [0.4, 0.5) is 13.2 Å². The predicted octanol–water partition coefficient (Wildman–Crippen LogP) is 3.74. The maximum absolute atomic E-state index is 13.0. The molecule has 0 atom stereocenters. The molecule has 1 fully saturated rings. The molecule has 1 saturated carbocycles. The summed E-state index contributed by atoms with van der Waals surface area (Å²) < 4.78 is 38.9. The van der Waals surface area contributed by atoms with E-state index < -0.39 is 11.7 Å². The molecule has 0 aliphatic heterocycles. The minimum Gasteiger partial charge on any atom is -0.307 e. The third-order valence-corrected chi connectivity index (χ3v) is 4.09. The van der Waals surface area contributed by atoms with Gasteiger partial charge >= 0.3 is 6.18 Å². The fraction of sp³-hybridized carbons (Fsp3) is 1.00. The molecule has 0 spiro atoms. The lowest BCUT2D eigenvalue weighted by atomic mass is 9.67. The Morgan fingerprint density at radius 2 is 1.50 bits per heavy atom. The summed E-state index contributed by atoms with van der Waals surface area (Å²) in [4.78, 5) is 0. The summed E-state index contributed by atoms with van der Waals surface area (Å²) in [6, 6.07) is 0. The number of hydrogen-bond donors (Lipinski definition) is 1. The average Bonchev–Trinajstić information content (AvgIpc) is 2.14. The van der Waals surface area contributed by atoms with E-state index in [1.165, 1.54) is 7.05 Å². The van der Waals surface area contributed by atoms with Gasteiger partial charge in [-0.3, -0.25) is 0 Å². The van der Waals surface area contributed by atoms with Gasteiger partial charge in [-0.1, -0.05) is 20.8 Å². The van der Waals surface area contributed by atoms with Crippen molar-refractivity contribution in [2.45, 2.75) is 58.2 Å². The summed E-state index contributed by atoms with van der Waals surface area (Å²) in [5.74, 6) is 0.399. The molecule has 0 aromatic heterocycles. The van der Waals surface area contributed by atoms with Crippen molar-refractivity contribution in [3.8, 4) is 0 Å². The maximum atomic E-state index is 13.0. The number of alkyl halides is 3. The molecule has 1 N–H and O–H groups in total. The van der Waals surface area contributed by atoms with Crippen molar-refractivity contribution in [3.63, 3.8) is 0 Å². The third-order valence-electron chi connectivity index (χ3n) is 4.09. The smallest absolute Gasteiger partial charge is 0.307 e. The number of rotatable bonds is 1. The number of halogens is 3. The van der Waals surface area contributed by atoms with E-state index in [0.29, 0.717) is 18.8 Å². The highest BCUT2D eigenvalue weighted by atomic mass is 19.4. The average molecular weight is 237 g/mol. The van der Waals surface area contributed by atoms with Crippen LogP contribution in [0, 0.1) is 11.3 Å². The van der Waals surface area contributed by atoms with Gasteiger partial charge in [0, 0.05) is 0 Å². The summed E-state index contributed by atoms with van der Waals surface area (Å²) in [6.07, 6.45) is -2.41. The van der Waals surface area contributed by atoms with Crippen molar-refractivity contribution >= 4 is 0 Å². The third kappa shape index (κ3) is 2.53. The number of hydrogen-bond acceptors (Lipinski definition) is 1. The molecule has 0 bridgehead atoms. The van der Waals surface area contributed by atoms with E-state index in [2.05, 4.69) is 26.1 Å². The molecule has 0 unspecified atom stereocenters. The predicted molar refractivity (Wildman–Crippen MR) is 59.3 cm³/mol. The highest BCUT2D eigenvalue weighted by molar-refractivity contribution is 4.99. The maximum Gasteiger partial charge on any atom is 0.406 e. The fourth-order valence-corrected chi connectivity index (χ4v) is 2.65. The standard InChI is InChI=1S/C12H22F3N/c1-10(2,3)9-5-7-11(16-4,8-6-9)12(13,14)15/h9,16H,5-8H2,1-4H3. The van der Waals surface area contributed by atoms with Gasteiger partial charge in [-0.25, -0.2) is 0 Å². The topological polar surface area (TPSA) is 12.0 Å². The molecular formula is C12H22F3N. The van der Waals surface area contributed by atoms with E-state index in [0.717, 1.165) is 0 Å². The molecule has 4 heteroatoms. The minimum atomic E-state index is -4.13. The summed E-state index contributed by atoms with van der Waals surface area (Å²) in [6.45, 7) is 6.33. The van der Waals surface area contributed by atoms with Crippen molar-refractivity contribution in [1.29, 1.82) is 0 Å². The monoisotopic (exact) mass is 237 g/mol. The van der Waals surface area contributed by atoms with E-state index >= 15 is 0 Å². The second kappa shape index (κ2) is 4.21. The quantitative estimate of drug-likeness (QED) is 0.732. The van der Waals surface area contributed by atoms with Crippen LogP contribution in [0.25, 0.3) is 0 Å². The zero-order valence-corrected chi connectivity index (χ0v) is 10.5. The Morgan fingerprint density at radius 3 is 1.75 bits per heavy atom. The molecule has 0 aromatic carbocycles. The lowest BCUT2D eigenvalue weighted by molar-refractivity contribution is -0.207. The summed E-state index contributed by atoms with van der Waals surface area (Å²) in [5.41, 5.74) is -1.53. The normalized spacial score (nSPS) is 32.8. The van der Waals surface area contributed by atoms with Crippen molar-refractivity contribution in [3.05, 3.63) is 0 Å². The van der Waals surface area contributed by atoms with Crippen LogP contribution in [0.3, 0.4) is 0 Å². The van der Waals surface area contributed by atoms with Gasteiger partial charge in [-0.15, -0.1) is 0 Å². The fourth-order valence-electron chi connectivity index (χ4n) is 2.65. The Bertz CT molecular complexity index is 232. The molecular weight excluding hydrogens is 215 g/mol. The summed E-state index contributed by atoms with van der Waals surface area (Å²) in [5, 5.41) is 2.50. The van der Waals surface area contributed by atoms with Crippen LogP contribution in [-0.4, -0.2) is 18.8 Å². The SMILES string of the molecule is CNC1(C(F)(F)F)CCC(C(C)(C)C)CC1. The van der Waals surface area contributed by atoms with Gasteiger partial charge in [0.2, 0.25) is 0 Å². The van der Waals surface area contributed by atoms with Gasteiger partial charge in [-0.05, 0) is 44.1 Å². The molecule has 1 aliphatic carbocycles. The zero-order chi connectivity index (χ0) is 12.6. The van der Waals surface area contributed by atoms with Crippen LogP contribution in [0.15, 0.2) is 0 Å². The van der Waals surface area contributed by atoms with Gasteiger partial charge in [0.1, 0.15) is 5.54 Å². The summed E-state index contributed by atoms with van der Waals surface area (Å²) in [7, 11) is 1.42. The van der Waals surface area contributed by atoms with Crippen LogP contribution < -0.4 is 5.32 Å². The van der Waals surface area contributed by atoms with Crippen molar-refractivity contribution < 1.29 is 13.2 Å². The molecule has 0 heterocycles. The molecule has 0 saturated heterocycles. The van der Waals surface area contributed by atoms with Gasteiger partial charge in [0.05, 0.1) is 0 Å². The Morgan fingerprint density at radius 1 is 1.06 bits per heavy atom. The lowest BCUT2D eigenvalue weighted by Gasteiger charge is -2.44. The molecule has 1 nitrogen and oxygen atoms in total. The van der Waals surface area contributed by atoms with Gasteiger partial charge in [-0.2, -0.15) is 13.2 Å². The van der Waals surface area contributed by atoms with Crippen LogP contribution >= 0.6 is 0 Å². The first-order valence-electron chi connectivity index (χ1n) is 5.88. The second-order valence-electron chi connectivity index (χ2n) is 5.97. The molecule has 1 aliphatic rings. The van der Waals surface area contributed by atoms with Crippen LogP contribution in [-0.2, 0) is 0 Å². The Balaban J connectivity index is 2.72. The van der Waals surface area contributed by atoms with E-state index in [9.17, 15) is 13.2 Å². The Labute approximate surface area is 95.8 Å². The van der Waals surface area contributed by atoms with Gasteiger partial charge < -0.3 is 5.32 Å². The molecule has 96 valence electrons. The highest BCUT2D eigenvalue weighted by Gasteiger charge is 2.55. The van der Waals surface area contributed by atoms with E-state index in [1.807, 2.05) is 0 Å². The first kappa shape index (κ1) is 13.8.